The van der Waals surface area contributed by atoms with Gasteiger partial charge in [-0.25, -0.2) is 0 Å². The molecule has 160 valence electrons. The van der Waals surface area contributed by atoms with E-state index in [1.165, 1.54) is 0 Å². The first-order chi connectivity index (χ1) is 14.1. The molecule has 0 radical (unpaired) electrons. The Morgan fingerprint density at radius 3 is 2.73 bits per heavy atom. The number of guanidine groups is 1. The molecule has 0 bridgehead atoms. The Labute approximate surface area is 197 Å². The summed E-state index contributed by atoms with van der Waals surface area (Å²) in [5, 5.41) is 10.9. The minimum absolute atomic E-state index is 0. The van der Waals surface area contributed by atoms with Crippen LogP contribution in [0.15, 0.2) is 52.0 Å². The zero-order valence-electron chi connectivity index (χ0n) is 16.8. The molecule has 0 amide bonds. The summed E-state index contributed by atoms with van der Waals surface area (Å²) in [5.74, 6) is 2.76. The molecular formula is C20H23ClIN5O3. The molecule has 0 saturated heterocycles. The van der Waals surface area contributed by atoms with Gasteiger partial charge in [0.15, 0.2) is 17.5 Å². The molecule has 3 rings (SSSR count). The van der Waals surface area contributed by atoms with Crippen molar-refractivity contribution in [2.24, 2.45) is 4.99 Å². The van der Waals surface area contributed by atoms with Crippen molar-refractivity contribution in [2.45, 2.75) is 13.5 Å². The molecule has 2 N–H and O–H groups in total. The van der Waals surface area contributed by atoms with Crippen LogP contribution in [-0.2, 0) is 6.54 Å². The molecule has 30 heavy (non-hydrogen) atoms. The Hall–Kier alpha value is -2.53. The van der Waals surface area contributed by atoms with Gasteiger partial charge < -0.3 is 24.6 Å². The van der Waals surface area contributed by atoms with Crippen molar-refractivity contribution in [1.29, 1.82) is 0 Å². The van der Waals surface area contributed by atoms with Crippen LogP contribution >= 0.6 is 35.6 Å². The summed E-state index contributed by atoms with van der Waals surface area (Å²) >= 11 is 6.01. The lowest BCUT2D eigenvalue weighted by atomic mass is 10.2. The Bertz CT molecular complexity index is 996. The molecule has 0 saturated carbocycles. The molecule has 8 nitrogen and oxygen atoms in total. The van der Waals surface area contributed by atoms with Gasteiger partial charge in [-0.05, 0) is 31.2 Å². The second-order valence-corrected chi connectivity index (χ2v) is 6.31. The van der Waals surface area contributed by atoms with Crippen LogP contribution in [0.5, 0.6) is 11.5 Å². The summed E-state index contributed by atoms with van der Waals surface area (Å²) in [4.78, 5) is 8.59. The Morgan fingerprint density at radius 1 is 1.20 bits per heavy atom. The maximum atomic E-state index is 6.01. The zero-order valence-corrected chi connectivity index (χ0v) is 19.9. The molecule has 0 aliphatic carbocycles. The predicted molar refractivity (Wildman–Crippen MR) is 128 cm³/mol. The van der Waals surface area contributed by atoms with Gasteiger partial charge in [-0.3, -0.25) is 4.99 Å². The first-order valence-corrected chi connectivity index (χ1v) is 9.37. The topological polar surface area (TPSA) is 93.8 Å². The number of ether oxygens (including phenoxy) is 2. The maximum absolute atomic E-state index is 6.01. The van der Waals surface area contributed by atoms with Gasteiger partial charge in [-0.2, -0.15) is 4.98 Å². The van der Waals surface area contributed by atoms with Crippen LogP contribution in [0.2, 0.25) is 5.02 Å². The normalized spacial score (nSPS) is 10.9. The lowest BCUT2D eigenvalue weighted by Gasteiger charge is -2.14. The summed E-state index contributed by atoms with van der Waals surface area (Å²) in [7, 11) is 3.28. The first-order valence-electron chi connectivity index (χ1n) is 9.00. The molecule has 3 aromatic rings. The third-order valence-corrected chi connectivity index (χ3v) is 4.14. The van der Waals surface area contributed by atoms with Crippen molar-refractivity contribution in [1.82, 2.24) is 15.5 Å². The molecular weight excluding hydrogens is 521 g/mol. The number of halogens is 2. The van der Waals surface area contributed by atoms with E-state index in [0.717, 1.165) is 11.3 Å². The number of hydrogen-bond acceptors (Lipinski definition) is 6. The number of aliphatic imine (C=N–C) groups is 1. The molecule has 1 heterocycles. The fourth-order valence-electron chi connectivity index (χ4n) is 2.57. The van der Waals surface area contributed by atoms with Gasteiger partial charge >= 0.3 is 0 Å². The van der Waals surface area contributed by atoms with Crippen molar-refractivity contribution in [3.05, 3.63) is 53.4 Å². The maximum Gasteiger partial charge on any atom is 0.246 e. The number of aromatic nitrogens is 2. The van der Waals surface area contributed by atoms with Crippen molar-refractivity contribution < 1.29 is 14.0 Å². The molecule has 2 aromatic carbocycles. The SMILES string of the molecule is CCOc1cc(NC(=NC)NCc2nc(-c3cccc(Cl)c3)no2)ccc1OC.I. The number of rotatable bonds is 7. The molecule has 0 aliphatic heterocycles. The van der Waals surface area contributed by atoms with Gasteiger partial charge in [-0.1, -0.05) is 28.9 Å². The van der Waals surface area contributed by atoms with Crippen molar-refractivity contribution in [2.75, 3.05) is 26.1 Å². The molecule has 10 heteroatoms. The lowest BCUT2D eigenvalue weighted by molar-refractivity contribution is 0.311. The highest BCUT2D eigenvalue weighted by molar-refractivity contribution is 14.0. The van der Waals surface area contributed by atoms with Gasteiger partial charge in [0.2, 0.25) is 11.7 Å². The molecule has 0 fully saturated rings. The fourth-order valence-corrected chi connectivity index (χ4v) is 2.76. The largest absolute Gasteiger partial charge is 0.493 e. The number of hydrogen-bond donors (Lipinski definition) is 2. The lowest BCUT2D eigenvalue weighted by Crippen LogP contribution is -2.30. The minimum Gasteiger partial charge on any atom is -0.493 e. The van der Waals surface area contributed by atoms with Crippen LogP contribution in [0, 0.1) is 0 Å². The van der Waals surface area contributed by atoms with Crippen LogP contribution in [-0.4, -0.2) is 36.9 Å². The van der Waals surface area contributed by atoms with E-state index in [2.05, 4.69) is 25.8 Å². The number of methoxy groups -OCH3 is 1. The van der Waals surface area contributed by atoms with Gasteiger partial charge in [0, 0.05) is 29.4 Å². The first kappa shape index (κ1) is 23.7. The van der Waals surface area contributed by atoms with Crippen LogP contribution in [0.25, 0.3) is 11.4 Å². The van der Waals surface area contributed by atoms with Gasteiger partial charge in [0.1, 0.15) is 0 Å². The van der Waals surface area contributed by atoms with E-state index in [9.17, 15) is 0 Å². The minimum atomic E-state index is 0. The van der Waals surface area contributed by atoms with Crippen LogP contribution in [0.1, 0.15) is 12.8 Å². The zero-order chi connectivity index (χ0) is 20.6. The van der Waals surface area contributed by atoms with Crippen molar-refractivity contribution in [3.63, 3.8) is 0 Å². The number of anilines is 1. The Balaban J connectivity index is 0.00000320. The highest BCUT2D eigenvalue weighted by atomic mass is 127. The Morgan fingerprint density at radius 2 is 2.03 bits per heavy atom. The van der Waals surface area contributed by atoms with E-state index in [-0.39, 0.29) is 24.0 Å². The third-order valence-electron chi connectivity index (χ3n) is 3.91. The summed E-state index contributed by atoms with van der Waals surface area (Å²) in [5.41, 5.74) is 1.59. The standard InChI is InChI=1S/C20H22ClN5O3.HI/c1-4-28-17-11-15(8-9-16(17)27-3)24-20(22-2)23-12-18-25-19(26-29-18)13-6-5-7-14(21)10-13;/h5-11H,4,12H2,1-3H3,(H2,22,23,24);1H. The second kappa shape index (κ2) is 11.6. The Kier molecular flexibility index (Phi) is 9.18. The van der Waals surface area contributed by atoms with Crippen LogP contribution in [0.4, 0.5) is 5.69 Å². The predicted octanol–water partition coefficient (Wildman–Crippen LogP) is 4.60. The van der Waals surface area contributed by atoms with Crippen molar-refractivity contribution >= 4 is 47.2 Å². The average molecular weight is 544 g/mol. The third kappa shape index (κ3) is 6.23. The highest BCUT2D eigenvalue weighted by Crippen LogP contribution is 2.30. The molecule has 1 aromatic heterocycles. The van der Waals surface area contributed by atoms with E-state index in [1.54, 1.807) is 26.3 Å². The quantitative estimate of drug-likeness (QED) is 0.255. The fraction of sp³-hybridized carbons (Fsp3) is 0.250. The number of nitrogens with zero attached hydrogens (tertiary/aromatic N) is 3. The van der Waals surface area contributed by atoms with E-state index in [4.69, 9.17) is 25.6 Å². The summed E-state index contributed by atoms with van der Waals surface area (Å²) in [6.07, 6.45) is 0. The van der Waals surface area contributed by atoms with Crippen LogP contribution in [0.3, 0.4) is 0 Å². The van der Waals surface area contributed by atoms with Gasteiger partial charge in [0.05, 0.1) is 20.3 Å². The number of benzene rings is 2. The van der Waals surface area contributed by atoms with Crippen LogP contribution < -0.4 is 20.1 Å². The van der Waals surface area contributed by atoms with E-state index in [0.29, 0.717) is 47.3 Å². The second-order valence-electron chi connectivity index (χ2n) is 5.87. The van der Waals surface area contributed by atoms with Gasteiger partial charge in [-0.15, -0.1) is 24.0 Å². The molecule has 0 spiro atoms. The number of nitrogens with one attached hydrogen (secondary N) is 2. The monoisotopic (exact) mass is 543 g/mol. The van der Waals surface area contributed by atoms with Crippen molar-refractivity contribution in [3.8, 4) is 22.9 Å². The summed E-state index contributed by atoms with van der Waals surface area (Å²) in [6.45, 7) is 2.77. The summed E-state index contributed by atoms with van der Waals surface area (Å²) < 4.78 is 16.2. The van der Waals surface area contributed by atoms with E-state index in [1.807, 2.05) is 37.3 Å². The van der Waals surface area contributed by atoms with E-state index >= 15 is 0 Å². The average Bonchev–Trinajstić information content (AvgIpc) is 3.21. The molecule has 0 atom stereocenters. The smallest absolute Gasteiger partial charge is 0.246 e. The highest BCUT2D eigenvalue weighted by Gasteiger charge is 2.11. The summed E-state index contributed by atoms with van der Waals surface area (Å²) in [6, 6.07) is 12.8. The molecule has 0 unspecified atom stereocenters. The molecule has 0 aliphatic rings. The van der Waals surface area contributed by atoms with E-state index < -0.39 is 0 Å². The van der Waals surface area contributed by atoms with Gasteiger partial charge in [0.25, 0.3) is 0 Å².